The highest BCUT2D eigenvalue weighted by atomic mass is 16.7. The van der Waals surface area contributed by atoms with Crippen LogP contribution in [0.25, 0.3) is 10.8 Å². The van der Waals surface area contributed by atoms with Crippen LogP contribution in [0.5, 0.6) is 0 Å². The SMILES string of the molecule is CCOC(OCC)c1cc2ccc(N3CC(CO)OC3=O)cc2c(=O)[nH]1. The molecule has 140 valence electrons. The van der Waals surface area contributed by atoms with Gasteiger partial charge in [0, 0.05) is 24.3 Å². The Hall–Kier alpha value is -2.42. The van der Waals surface area contributed by atoms with Crippen LogP contribution in [0.3, 0.4) is 0 Å². The molecule has 0 saturated carbocycles. The molecule has 8 heteroatoms. The number of rotatable bonds is 7. The minimum atomic E-state index is -0.638. The molecule has 1 unspecified atom stereocenters. The van der Waals surface area contributed by atoms with E-state index < -0.39 is 18.5 Å². The number of aliphatic hydroxyl groups excluding tert-OH is 1. The topological polar surface area (TPSA) is 101 Å². The number of hydrogen-bond donors (Lipinski definition) is 2. The van der Waals surface area contributed by atoms with Gasteiger partial charge in [-0.15, -0.1) is 0 Å². The number of carbonyl (C=O) groups is 1. The number of H-pyrrole nitrogens is 1. The molecule has 0 radical (unpaired) electrons. The van der Waals surface area contributed by atoms with Crippen molar-refractivity contribution in [3.63, 3.8) is 0 Å². The third-order valence-electron chi connectivity index (χ3n) is 4.13. The van der Waals surface area contributed by atoms with Gasteiger partial charge in [0.25, 0.3) is 5.56 Å². The summed E-state index contributed by atoms with van der Waals surface area (Å²) in [7, 11) is 0. The predicted molar refractivity (Wildman–Crippen MR) is 95.3 cm³/mol. The normalized spacial score (nSPS) is 17.3. The van der Waals surface area contributed by atoms with E-state index in [0.29, 0.717) is 35.4 Å². The minimum Gasteiger partial charge on any atom is -0.441 e. The van der Waals surface area contributed by atoms with Crippen LogP contribution in [0, 0.1) is 0 Å². The van der Waals surface area contributed by atoms with Crippen molar-refractivity contribution in [1.82, 2.24) is 4.98 Å². The molecule has 1 fully saturated rings. The average Bonchev–Trinajstić information content (AvgIpc) is 3.02. The number of pyridine rings is 1. The van der Waals surface area contributed by atoms with Gasteiger partial charge in [0.05, 0.1) is 18.8 Å². The van der Waals surface area contributed by atoms with Crippen molar-refractivity contribution in [2.45, 2.75) is 26.2 Å². The largest absolute Gasteiger partial charge is 0.441 e. The first-order valence-corrected chi connectivity index (χ1v) is 8.56. The number of ether oxygens (including phenoxy) is 3. The number of aromatic amines is 1. The number of aliphatic hydroxyl groups is 1. The molecule has 1 saturated heterocycles. The summed E-state index contributed by atoms with van der Waals surface area (Å²) in [6.07, 6.45) is -1.73. The third kappa shape index (κ3) is 3.57. The molecule has 0 spiro atoms. The summed E-state index contributed by atoms with van der Waals surface area (Å²) in [5, 5.41) is 10.3. The molecule has 0 aliphatic carbocycles. The molecular formula is C18H22N2O6. The van der Waals surface area contributed by atoms with Gasteiger partial charge in [0.1, 0.15) is 6.10 Å². The standard InChI is InChI=1S/C18H22N2O6/c1-3-24-17(25-4-2)15-7-11-5-6-12(8-14(11)16(22)19-15)20-9-13(10-21)26-18(20)23/h5-8,13,17,21H,3-4,9-10H2,1-2H3,(H,19,22). The molecule has 1 aromatic carbocycles. The van der Waals surface area contributed by atoms with Crippen molar-refractivity contribution >= 4 is 22.6 Å². The van der Waals surface area contributed by atoms with Gasteiger partial charge in [-0.25, -0.2) is 4.79 Å². The Morgan fingerprint density at radius 3 is 2.62 bits per heavy atom. The van der Waals surface area contributed by atoms with E-state index in [-0.39, 0.29) is 18.7 Å². The van der Waals surface area contributed by atoms with E-state index in [2.05, 4.69) is 4.98 Å². The zero-order chi connectivity index (χ0) is 18.7. The summed E-state index contributed by atoms with van der Waals surface area (Å²) >= 11 is 0. The van der Waals surface area contributed by atoms with E-state index in [4.69, 9.17) is 19.3 Å². The maximum absolute atomic E-state index is 12.5. The number of benzene rings is 1. The summed E-state index contributed by atoms with van der Waals surface area (Å²) in [6.45, 7) is 4.61. The minimum absolute atomic E-state index is 0.240. The molecule has 2 aromatic rings. The Labute approximate surface area is 150 Å². The molecule has 3 rings (SSSR count). The summed E-state index contributed by atoms with van der Waals surface area (Å²) in [6, 6.07) is 6.94. The number of amides is 1. The van der Waals surface area contributed by atoms with Crippen molar-refractivity contribution in [3.8, 4) is 0 Å². The van der Waals surface area contributed by atoms with Crippen molar-refractivity contribution in [2.75, 3.05) is 31.3 Å². The monoisotopic (exact) mass is 362 g/mol. The predicted octanol–water partition coefficient (Wildman–Crippen LogP) is 1.92. The number of cyclic esters (lactones) is 1. The second kappa shape index (κ2) is 7.86. The first-order valence-electron chi connectivity index (χ1n) is 8.56. The fourth-order valence-corrected chi connectivity index (χ4v) is 2.92. The summed E-state index contributed by atoms with van der Waals surface area (Å²) < 4.78 is 16.1. The molecule has 0 bridgehead atoms. The van der Waals surface area contributed by atoms with Gasteiger partial charge in [-0.1, -0.05) is 6.07 Å². The highest BCUT2D eigenvalue weighted by molar-refractivity contribution is 5.94. The number of anilines is 1. The van der Waals surface area contributed by atoms with Gasteiger partial charge in [0.2, 0.25) is 0 Å². The van der Waals surface area contributed by atoms with Gasteiger partial charge in [0.15, 0.2) is 6.29 Å². The number of aromatic nitrogens is 1. The summed E-state index contributed by atoms with van der Waals surface area (Å²) in [4.78, 5) is 28.7. The molecular weight excluding hydrogens is 340 g/mol. The Balaban J connectivity index is 1.96. The molecule has 1 amide bonds. The lowest BCUT2D eigenvalue weighted by molar-refractivity contribution is -0.142. The smallest absolute Gasteiger partial charge is 0.414 e. The van der Waals surface area contributed by atoms with Crippen LogP contribution in [0.2, 0.25) is 0 Å². The fourth-order valence-electron chi connectivity index (χ4n) is 2.92. The first kappa shape index (κ1) is 18.4. The van der Waals surface area contributed by atoms with Gasteiger partial charge in [-0.05, 0) is 37.4 Å². The van der Waals surface area contributed by atoms with E-state index in [1.54, 1.807) is 24.3 Å². The molecule has 1 aliphatic rings. The van der Waals surface area contributed by atoms with Crippen molar-refractivity contribution in [3.05, 3.63) is 40.3 Å². The number of hydrogen-bond acceptors (Lipinski definition) is 6. The summed E-state index contributed by atoms with van der Waals surface area (Å²) in [5.74, 6) is 0. The molecule has 26 heavy (non-hydrogen) atoms. The fraction of sp³-hybridized carbons (Fsp3) is 0.444. The second-order valence-electron chi connectivity index (χ2n) is 5.87. The van der Waals surface area contributed by atoms with E-state index in [1.165, 1.54) is 4.90 Å². The van der Waals surface area contributed by atoms with E-state index in [1.807, 2.05) is 13.8 Å². The second-order valence-corrected chi connectivity index (χ2v) is 5.87. The highest BCUT2D eigenvalue weighted by Crippen LogP contribution is 2.26. The Kier molecular flexibility index (Phi) is 5.55. The van der Waals surface area contributed by atoms with Gasteiger partial charge < -0.3 is 24.3 Å². The highest BCUT2D eigenvalue weighted by Gasteiger charge is 2.32. The quantitative estimate of drug-likeness (QED) is 0.730. The third-order valence-corrected chi connectivity index (χ3v) is 4.13. The lowest BCUT2D eigenvalue weighted by Crippen LogP contribution is -2.25. The zero-order valence-corrected chi connectivity index (χ0v) is 14.7. The van der Waals surface area contributed by atoms with Crippen LogP contribution in [-0.2, 0) is 14.2 Å². The Morgan fingerprint density at radius 2 is 2.00 bits per heavy atom. The van der Waals surface area contributed by atoms with Gasteiger partial charge >= 0.3 is 6.09 Å². The van der Waals surface area contributed by atoms with Crippen LogP contribution in [0.4, 0.5) is 10.5 Å². The van der Waals surface area contributed by atoms with Crippen LogP contribution in [0.1, 0.15) is 25.8 Å². The molecule has 1 atom stereocenters. The molecule has 2 N–H and O–H groups in total. The van der Waals surface area contributed by atoms with Crippen LogP contribution in [-0.4, -0.2) is 48.7 Å². The zero-order valence-electron chi connectivity index (χ0n) is 14.7. The molecule has 8 nitrogen and oxygen atoms in total. The molecule has 2 heterocycles. The van der Waals surface area contributed by atoms with E-state index in [0.717, 1.165) is 0 Å². The maximum atomic E-state index is 12.5. The van der Waals surface area contributed by atoms with E-state index in [9.17, 15) is 9.59 Å². The average molecular weight is 362 g/mol. The first-order chi connectivity index (χ1) is 12.6. The van der Waals surface area contributed by atoms with Crippen LogP contribution >= 0.6 is 0 Å². The van der Waals surface area contributed by atoms with Crippen molar-refractivity contribution in [2.24, 2.45) is 0 Å². The number of fused-ring (bicyclic) bond motifs is 1. The number of carbonyl (C=O) groups excluding carboxylic acids is 1. The number of nitrogens with zero attached hydrogens (tertiary/aromatic N) is 1. The lowest BCUT2D eigenvalue weighted by Gasteiger charge is -2.18. The Morgan fingerprint density at radius 1 is 1.27 bits per heavy atom. The lowest BCUT2D eigenvalue weighted by atomic mass is 10.1. The van der Waals surface area contributed by atoms with E-state index >= 15 is 0 Å². The van der Waals surface area contributed by atoms with Crippen molar-refractivity contribution in [1.29, 1.82) is 0 Å². The van der Waals surface area contributed by atoms with Crippen LogP contribution < -0.4 is 10.5 Å². The van der Waals surface area contributed by atoms with Gasteiger partial charge in [-0.2, -0.15) is 0 Å². The maximum Gasteiger partial charge on any atom is 0.414 e. The molecule has 1 aliphatic heterocycles. The summed E-state index contributed by atoms with van der Waals surface area (Å²) in [5.41, 5.74) is 0.790. The van der Waals surface area contributed by atoms with Crippen LogP contribution in [0.15, 0.2) is 29.1 Å². The van der Waals surface area contributed by atoms with Gasteiger partial charge in [-0.3, -0.25) is 9.69 Å². The van der Waals surface area contributed by atoms with Crippen molar-refractivity contribution < 1.29 is 24.1 Å². The Bertz CT molecular complexity index is 843. The molecule has 1 aromatic heterocycles. The number of nitrogens with one attached hydrogen (secondary N) is 1.